The van der Waals surface area contributed by atoms with Gasteiger partial charge in [0.25, 0.3) is 0 Å². The van der Waals surface area contributed by atoms with Crippen LogP contribution < -0.4 is 5.32 Å². The van der Waals surface area contributed by atoms with E-state index in [-0.39, 0.29) is 5.91 Å². The second-order valence-corrected chi connectivity index (χ2v) is 6.02. The van der Waals surface area contributed by atoms with Crippen LogP contribution in [0.5, 0.6) is 0 Å². The molecule has 0 atom stereocenters. The maximum absolute atomic E-state index is 12.0. The molecule has 4 nitrogen and oxygen atoms in total. The van der Waals surface area contributed by atoms with Crippen LogP contribution in [0.2, 0.25) is 0 Å². The van der Waals surface area contributed by atoms with Crippen LogP contribution in [-0.2, 0) is 17.8 Å². The van der Waals surface area contributed by atoms with E-state index in [1.54, 1.807) is 29.2 Å². The van der Waals surface area contributed by atoms with Crippen molar-refractivity contribution in [2.45, 2.75) is 13.0 Å². The molecule has 0 aromatic carbocycles. The van der Waals surface area contributed by atoms with E-state index < -0.39 is 0 Å². The quantitative estimate of drug-likeness (QED) is 0.786. The average molecular weight is 304 g/mol. The Labute approximate surface area is 124 Å². The highest BCUT2D eigenvalue weighted by Gasteiger charge is 2.13. The fraction of sp³-hybridized carbons (Fsp3) is 0.143. The molecule has 20 heavy (non-hydrogen) atoms. The molecule has 0 aliphatic carbocycles. The molecule has 0 bridgehead atoms. The SMILES string of the molecule is O=C(Cc1scnc1-c1cccs1)NCc1ccco1. The molecule has 3 heterocycles. The van der Waals surface area contributed by atoms with Crippen molar-refractivity contribution in [3.8, 4) is 10.6 Å². The number of thiazole rings is 1. The first-order valence-electron chi connectivity index (χ1n) is 6.08. The zero-order valence-corrected chi connectivity index (χ0v) is 12.2. The van der Waals surface area contributed by atoms with Gasteiger partial charge in [-0.2, -0.15) is 0 Å². The fourth-order valence-electron chi connectivity index (χ4n) is 1.82. The van der Waals surface area contributed by atoms with Crippen molar-refractivity contribution in [3.05, 3.63) is 52.1 Å². The van der Waals surface area contributed by atoms with Gasteiger partial charge in [0.05, 0.1) is 35.3 Å². The van der Waals surface area contributed by atoms with Crippen molar-refractivity contribution in [2.24, 2.45) is 0 Å². The lowest BCUT2D eigenvalue weighted by Gasteiger charge is -2.03. The van der Waals surface area contributed by atoms with Crippen LogP contribution in [0.25, 0.3) is 10.6 Å². The number of aromatic nitrogens is 1. The van der Waals surface area contributed by atoms with Crippen molar-refractivity contribution in [1.29, 1.82) is 0 Å². The number of rotatable bonds is 5. The first-order chi connectivity index (χ1) is 9.83. The third-order valence-electron chi connectivity index (χ3n) is 2.76. The zero-order valence-electron chi connectivity index (χ0n) is 10.5. The minimum absolute atomic E-state index is 0.0246. The molecule has 1 amide bonds. The minimum atomic E-state index is -0.0246. The maximum Gasteiger partial charge on any atom is 0.225 e. The number of nitrogens with zero attached hydrogens (tertiary/aromatic N) is 1. The topological polar surface area (TPSA) is 55.1 Å². The summed E-state index contributed by atoms with van der Waals surface area (Å²) in [6.07, 6.45) is 1.94. The van der Waals surface area contributed by atoms with Crippen LogP contribution in [0.4, 0.5) is 0 Å². The van der Waals surface area contributed by atoms with Crippen LogP contribution >= 0.6 is 22.7 Å². The minimum Gasteiger partial charge on any atom is -0.467 e. The van der Waals surface area contributed by atoms with Crippen LogP contribution in [0, 0.1) is 0 Å². The number of carbonyl (C=O) groups excluding carboxylic acids is 1. The summed E-state index contributed by atoms with van der Waals surface area (Å²) in [5, 5.41) is 4.85. The number of amides is 1. The highest BCUT2D eigenvalue weighted by Crippen LogP contribution is 2.29. The van der Waals surface area contributed by atoms with Gasteiger partial charge >= 0.3 is 0 Å². The van der Waals surface area contributed by atoms with Gasteiger partial charge in [-0.3, -0.25) is 4.79 Å². The first-order valence-corrected chi connectivity index (χ1v) is 7.84. The fourth-order valence-corrected chi connectivity index (χ4v) is 3.40. The molecule has 0 radical (unpaired) electrons. The lowest BCUT2D eigenvalue weighted by molar-refractivity contribution is -0.120. The molecule has 3 rings (SSSR count). The standard InChI is InChI=1S/C14H12N2O2S2/c17-13(15-8-10-3-1-5-18-10)7-12-14(16-9-20-12)11-4-2-6-19-11/h1-6,9H,7-8H2,(H,15,17). The van der Waals surface area contributed by atoms with Gasteiger partial charge in [-0.15, -0.1) is 22.7 Å². The number of furan rings is 1. The Morgan fingerprint density at radius 3 is 3.00 bits per heavy atom. The predicted octanol–water partition coefficient (Wildman–Crippen LogP) is 3.32. The monoisotopic (exact) mass is 304 g/mol. The van der Waals surface area contributed by atoms with Gasteiger partial charge in [-0.1, -0.05) is 6.07 Å². The van der Waals surface area contributed by atoms with E-state index in [0.717, 1.165) is 21.2 Å². The highest BCUT2D eigenvalue weighted by atomic mass is 32.1. The maximum atomic E-state index is 12.0. The van der Waals surface area contributed by atoms with E-state index in [1.165, 1.54) is 11.3 Å². The summed E-state index contributed by atoms with van der Waals surface area (Å²) in [5.74, 6) is 0.726. The van der Waals surface area contributed by atoms with Crippen LogP contribution in [0.1, 0.15) is 10.6 Å². The lowest BCUT2D eigenvalue weighted by Crippen LogP contribution is -2.24. The molecule has 3 aromatic heterocycles. The Kier molecular flexibility index (Phi) is 3.94. The normalized spacial score (nSPS) is 10.6. The van der Waals surface area contributed by atoms with E-state index in [0.29, 0.717) is 13.0 Å². The molecule has 0 saturated carbocycles. The average Bonchev–Trinajstić information content (AvgIpc) is 3.18. The van der Waals surface area contributed by atoms with Crippen molar-refractivity contribution in [3.63, 3.8) is 0 Å². The van der Waals surface area contributed by atoms with Gasteiger partial charge in [0.1, 0.15) is 5.76 Å². The summed E-state index contributed by atoms with van der Waals surface area (Å²) in [7, 11) is 0. The van der Waals surface area contributed by atoms with Crippen molar-refractivity contribution < 1.29 is 9.21 Å². The summed E-state index contributed by atoms with van der Waals surface area (Å²) >= 11 is 3.14. The predicted molar refractivity (Wildman–Crippen MR) is 79.7 cm³/mol. The molecule has 0 aliphatic heterocycles. The van der Waals surface area contributed by atoms with Crippen molar-refractivity contribution in [2.75, 3.05) is 0 Å². The van der Waals surface area contributed by atoms with E-state index in [1.807, 2.05) is 23.6 Å². The van der Waals surface area contributed by atoms with Gasteiger partial charge < -0.3 is 9.73 Å². The first kappa shape index (κ1) is 13.1. The molecular weight excluding hydrogens is 292 g/mol. The molecule has 3 aromatic rings. The van der Waals surface area contributed by atoms with Gasteiger partial charge in [0.15, 0.2) is 0 Å². The van der Waals surface area contributed by atoms with Crippen molar-refractivity contribution >= 4 is 28.6 Å². The summed E-state index contributed by atoms with van der Waals surface area (Å²) in [4.78, 5) is 18.4. The van der Waals surface area contributed by atoms with Crippen LogP contribution in [0.15, 0.2) is 45.8 Å². The third kappa shape index (κ3) is 2.97. The number of hydrogen-bond donors (Lipinski definition) is 1. The van der Waals surface area contributed by atoms with Gasteiger partial charge in [0.2, 0.25) is 5.91 Å². The number of thiophene rings is 1. The van der Waals surface area contributed by atoms with E-state index >= 15 is 0 Å². The van der Waals surface area contributed by atoms with Gasteiger partial charge in [-0.05, 0) is 23.6 Å². The molecule has 0 fully saturated rings. The lowest BCUT2D eigenvalue weighted by atomic mass is 10.2. The summed E-state index contributed by atoms with van der Waals surface area (Å²) < 4.78 is 5.18. The molecule has 0 unspecified atom stereocenters. The third-order valence-corrected chi connectivity index (χ3v) is 4.47. The Morgan fingerprint density at radius 2 is 2.25 bits per heavy atom. The second-order valence-electron chi connectivity index (χ2n) is 4.13. The Balaban J connectivity index is 1.63. The van der Waals surface area contributed by atoms with Gasteiger partial charge in [0, 0.05) is 4.88 Å². The Bertz CT molecular complexity index is 672. The van der Waals surface area contributed by atoms with E-state index in [2.05, 4.69) is 10.3 Å². The summed E-state index contributed by atoms with van der Waals surface area (Å²) in [6, 6.07) is 7.65. The van der Waals surface area contributed by atoms with E-state index in [4.69, 9.17) is 4.42 Å². The Hall–Kier alpha value is -1.92. The Morgan fingerprint density at radius 1 is 1.30 bits per heavy atom. The molecule has 102 valence electrons. The zero-order chi connectivity index (χ0) is 13.8. The molecule has 1 N–H and O–H groups in total. The summed E-state index contributed by atoms with van der Waals surface area (Å²) in [6.45, 7) is 0.416. The summed E-state index contributed by atoms with van der Waals surface area (Å²) in [5.41, 5.74) is 2.70. The number of hydrogen-bond acceptors (Lipinski definition) is 5. The largest absolute Gasteiger partial charge is 0.467 e. The number of nitrogens with one attached hydrogen (secondary N) is 1. The molecule has 6 heteroatoms. The van der Waals surface area contributed by atoms with Crippen LogP contribution in [0.3, 0.4) is 0 Å². The van der Waals surface area contributed by atoms with Gasteiger partial charge in [-0.25, -0.2) is 4.98 Å². The van der Waals surface area contributed by atoms with Crippen molar-refractivity contribution in [1.82, 2.24) is 10.3 Å². The second kappa shape index (κ2) is 6.02. The van der Waals surface area contributed by atoms with E-state index in [9.17, 15) is 4.79 Å². The smallest absolute Gasteiger partial charge is 0.225 e. The number of carbonyl (C=O) groups is 1. The molecule has 0 spiro atoms. The molecular formula is C14H12N2O2S2. The molecule has 0 aliphatic rings. The van der Waals surface area contributed by atoms with Crippen LogP contribution in [-0.4, -0.2) is 10.9 Å². The molecule has 0 saturated heterocycles. The highest BCUT2D eigenvalue weighted by molar-refractivity contribution is 7.14.